The van der Waals surface area contributed by atoms with Gasteiger partial charge < -0.3 is 9.47 Å². The number of carbonyl (C=O) groups is 2. The number of aromatic nitrogens is 2. The fourth-order valence-corrected chi connectivity index (χ4v) is 4.94. The molecule has 1 fully saturated rings. The molecule has 0 bridgehead atoms. The first-order valence-electron chi connectivity index (χ1n) is 9.58. The van der Waals surface area contributed by atoms with Crippen LogP contribution in [0, 0.1) is 11.7 Å². The van der Waals surface area contributed by atoms with Gasteiger partial charge in [-0.2, -0.15) is 0 Å². The van der Waals surface area contributed by atoms with Crippen LogP contribution in [0.4, 0.5) is 4.39 Å². The Bertz CT molecular complexity index is 1100. The lowest BCUT2D eigenvalue weighted by Gasteiger charge is -2.31. The van der Waals surface area contributed by atoms with E-state index in [1.807, 2.05) is 10.3 Å². The highest BCUT2D eigenvalue weighted by Gasteiger charge is 2.27. The van der Waals surface area contributed by atoms with Crippen molar-refractivity contribution in [3.8, 4) is 11.3 Å². The van der Waals surface area contributed by atoms with E-state index in [1.54, 1.807) is 29.0 Å². The van der Waals surface area contributed by atoms with Crippen LogP contribution >= 0.6 is 11.6 Å². The van der Waals surface area contributed by atoms with E-state index in [0.717, 1.165) is 0 Å². The van der Waals surface area contributed by atoms with Gasteiger partial charge >= 0.3 is 0 Å². The van der Waals surface area contributed by atoms with Gasteiger partial charge in [0.2, 0.25) is 15.9 Å². The maximum atomic E-state index is 14.4. The van der Waals surface area contributed by atoms with E-state index in [-0.39, 0.29) is 22.6 Å². The van der Waals surface area contributed by atoms with Crippen LogP contribution < -0.4 is 10.3 Å². The van der Waals surface area contributed by atoms with Crippen LogP contribution in [0.2, 0.25) is 5.02 Å². The number of hydrazine groups is 1. The van der Waals surface area contributed by atoms with Crippen LogP contribution in [-0.4, -0.2) is 53.5 Å². The third-order valence-corrected chi connectivity index (χ3v) is 6.61. The van der Waals surface area contributed by atoms with Gasteiger partial charge in [-0.3, -0.25) is 15.0 Å². The van der Waals surface area contributed by atoms with E-state index in [2.05, 4.69) is 4.98 Å². The minimum atomic E-state index is -3.91. The van der Waals surface area contributed by atoms with Crippen molar-refractivity contribution in [2.24, 2.45) is 13.0 Å². The second-order valence-electron chi connectivity index (χ2n) is 7.55. The Hall–Kier alpha value is -2.50. The van der Waals surface area contributed by atoms with E-state index in [1.165, 1.54) is 19.1 Å². The number of hydrogen-bond donors (Lipinski definition) is 2. The highest BCUT2D eigenvalue weighted by molar-refractivity contribution is 7.89. The van der Waals surface area contributed by atoms with Crippen LogP contribution in [0.5, 0.6) is 0 Å². The van der Waals surface area contributed by atoms with E-state index >= 15 is 0 Å². The van der Waals surface area contributed by atoms with Gasteiger partial charge in [-0.1, -0.05) is 11.6 Å². The Kier molecular flexibility index (Phi) is 6.97. The van der Waals surface area contributed by atoms with Gasteiger partial charge in [-0.05, 0) is 30.9 Å². The van der Waals surface area contributed by atoms with Crippen molar-refractivity contribution in [2.45, 2.75) is 19.8 Å². The number of imidazole rings is 1. The largest absolute Gasteiger partial charge is 0.343 e. The summed E-state index contributed by atoms with van der Waals surface area (Å²) in [4.78, 5) is 31.7. The maximum Gasteiger partial charge on any atom is 0.269 e. The molecule has 1 unspecified atom stereocenters. The predicted molar refractivity (Wildman–Crippen MR) is 113 cm³/mol. The van der Waals surface area contributed by atoms with E-state index in [0.29, 0.717) is 37.2 Å². The predicted octanol–water partition coefficient (Wildman–Crippen LogP) is 1.70. The molecule has 9 nitrogen and oxygen atoms in total. The summed E-state index contributed by atoms with van der Waals surface area (Å²) in [7, 11) is -2.15. The molecule has 31 heavy (non-hydrogen) atoms. The van der Waals surface area contributed by atoms with Crippen LogP contribution in [-0.2, 0) is 21.9 Å². The lowest BCUT2D eigenvalue weighted by atomic mass is 10.0. The van der Waals surface area contributed by atoms with Crippen molar-refractivity contribution in [1.82, 2.24) is 24.7 Å². The molecule has 1 atom stereocenters. The quantitative estimate of drug-likeness (QED) is 0.622. The Balaban J connectivity index is 1.68. The fraction of sp³-hybridized carbons (Fsp3) is 0.421. The molecule has 0 spiro atoms. The molecule has 1 aromatic heterocycles. The van der Waals surface area contributed by atoms with Crippen molar-refractivity contribution in [2.75, 3.05) is 18.8 Å². The molecule has 2 heterocycles. The molecule has 2 N–H and O–H groups in total. The highest BCUT2D eigenvalue weighted by Crippen LogP contribution is 2.27. The standard InChI is InChI=1S/C19H23ClFN5O4S/c1-12(27)26-5-3-4-13(8-26)10-31(29,30)24-23-19(28)15-6-14(7-16(20)18(15)21)17-9-25(2)11-22-17/h6-7,9,11,13,24H,3-5,8,10H2,1-2H3,(H,23,28). The molecule has 0 aliphatic carbocycles. The van der Waals surface area contributed by atoms with Crippen molar-refractivity contribution >= 4 is 33.4 Å². The molecule has 1 aliphatic rings. The van der Waals surface area contributed by atoms with Gasteiger partial charge in [0.25, 0.3) is 5.91 Å². The van der Waals surface area contributed by atoms with Crippen molar-refractivity contribution < 1.29 is 22.4 Å². The van der Waals surface area contributed by atoms with E-state index < -0.39 is 27.3 Å². The summed E-state index contributed by atoms with van der Waals surface area (Å²) in [5, 5.41) is -0.289. The highest BCUT2D eigenvalue weighted by atomic mass is 35.5. The monoisotopic (exact) mass is 471 g/mol. The fourth-order valence-electron chi connectivity index (χ4n) is 3.49. The number of nitrogens with zero attached hydrogens (tertiary/aromatic N) is 3. The second kappa shape index (κ2) is 9.33. The number of piperidine rings is 1. The van der Waals surface area contributed by atoms with Crippen molar-refractivity contribution in [1.29, 1.82) is 0 Å². The third-order valence-electron chi connectivity index (χ3n) is 5.01. The molecule has 168 valence electrons. The van der Waals surface area contributed by atoms with Crippen LogP contribution in [0.25, 0.3) is 11.3 Å². The Morgan fingerprint density at radius 2 is 2.10 bits per heavy atom. The van der Waals surface area contributed by atoms with E-state index in [9.17, 15) is 22.4 Å². The minimum Gasteiger partial charge on any atom is -0.343 e. The van der Waals surface area contributed by atoms with Gasteiger partial charge in [0.15, 0.2) is 5.82 Å². The molecular weight excluding hydrogens is 449 g/mol. The molecule has 1 aromatic carbocycles. The number of amides is 2. The molecule has 2 amide bonds. The molecule has 0 saturated carbocycles. The van der Waals surface area contributed by atoms with Gasteiger partial charge in [0.1, 0.15) is 0 Å². The zero-order valence-corrected chi connectivity index (χ0v) is 18.6. The van der Waals surface area contributed by atoms with E-state index in [4.69, 9.17) is 11.6 Å². The summed E-state index contributed by atoms with van der Waals surface area (Å²) < 4.78 is 40.9. The van der Waals surface area contributed by atoms with Gasteiger partial charge in [-0.15, -0.1) is 4.83 Å². The summed E-state index contributed by atoms with van der Waals surface area (Å²) >= 11 is 5.92. The first-order valence-corrected chi connectivity index (χ1v) is 11.6. The number of sulfonamides is 1. The number of halogens is 2. The third kappa shape index (κ3) is 5.81. The molecule has 0 radical (unpaired) electrons. The van der Waals surface area contributed by atoms with Gasteiger partial charge in [0, 0.05) is 38.8 Å². The number of benzene rings is 1. The maximum absolute atomic E-state index is 14.4. The average molecular weight is 472 g/mol. The molecule has 12 heteroatoms. The van der Waals surface area contributed by atoms with Crippen LogP contribution in [0.3, 0.4) is 0 Å². The van der Waals surface area contributed by atoms with Gasteiger partial charge in [-0.25, -0.2) is 17.8 Å². The SMILES string of the molecule is CC(=O)N1CCCC(CS(=O)(=O)NNC(=O)c2cc(-c3cn(C)cn3)cc(Cl)c2F)C1. The minimum absolute atomic E-state index is 0.108. The summed E-state index contributed by atoms with van der Waals surface area (Å²) in [5.74, 6) is -2.60. The lowest BCUT2D eigenvalue weighted by Crippen LogP contribution is -2.46. The lowest BCUT2D eigenvalue weighted by molar-refractivity contribution is -0.130. The molecule has 3 rings (SSSR count). The molecule has 2 aromatic rings. The normalized spacial score (nSPS) is 16.9. The summed E-state index contributed by atoms with van der Waals surface area (Å²) in [6.45, 7) is 2.37. The molecule has 1 saturated heterocycles. The number of nitrogens with one attached hydrogen (secondary N) is 2. The van der Waals surface area contributed by atoms with Crippen molar-refractivity contribution in [3.63, 3.8) is 0 Å². The summed E-state index contributed by atoms with van der Waals surface area (Å²) in [6, 6.07) is 2.59. The first kappa shape index (κ1) is 23.2. The number of aryl methyl sites for hydroxylation is 1. The van der Waals surface area contributed by atoms with Crippen LogP contribution in [0.1, 0.15) is 30.1 Å². The Morgan fingerprint density at radius 3 is 2.74 bits per heavy atom. The number of hydrogen-bond acceptors (Lipinski definition) is 5. The first-order chi connectivity index (χ1) is 14.6. The van der Waals surface area contributed by atoms with Crippen molar-refractivity contribution in [3.05, 3.63) is 41.1 Å². The Labute approximate surface area is 184 Å². The number of carbonyl (C=O) groups excluding carboxylic acids is 2. The molecule has 1 aliphatic heterocycles. The molecular formula is C19H23ClFN5O4S. The number of rotatable bonds is 6. The average Bonchev–Trinajstić information content (AvgIpc) is 3.14. The second-order valence-corrected chi connectivity index (χ2v) is 9.73. The van der Waals surface area contributed by atoms with Gasteiger partial charge in [0.05, 0.1) is 28.4 Å². The summed E-state index contributed by atoms with van der Waals surface area (Å²) in [5.41, 5.74) is 2.50. The zero-order valence-electron chi connectivity index (χ0n) is 17.1. The number of likely N-dealkylation sites (tertiary alicyclic amines) is 1. The van der Waals surface area contributed by atoms with Crippen LogP contribution in [0.15, 0.2) is 24.7 Å². The smallest absolute Gasteiger partial charge is 0.269 e. The topological polar surface area (TPSA) is 113 Å². The zero-order chi connectivity index (χ0) is 22.8. The summed E-state index contributed by atoms with van der Waals surface area (Å²) in [6.07, 6.45) is 4.56. The Morgan fingerprint density at radius 1 is 1.35 bits per heavy atom.